The molecule has 2 aliphatic rings. The highest BCUT2D eigenvalue weighted by atomic mass is 35.5. The number of halogens is 1. The van der Waals surface area contributed by atoms with Gasteiger partial charge in [-0.05, 0) is 50.6 Å². The SMILES string of the molecule is Cc1ccc2c(c1)OCCN2C(=O)C1CCNCC1.Cl. The fourth-order valence-electron chi connectivity index (χ4n) is 2.85. The highest BCUT2D eigenvalue weighted by molar-refractivity contribution is 5.97. The highest BCUT2D eigenvalue weighted by Crippen LogP contribution is 2.34. The Morgan fingerprint density at radius 3 is 2.85 bits per heavy atom. The second-order valence-electron chi connectivity index (χ2n) is 5.33. The van der Waals surface area contributed by atoms with E-state index in [1.807, 2.05) is 30.0 Å². The summed E-state index contributed by atoms with van der Waals surface area (Å²) >= 11 is 0. The largest absolute Gasteiger partial charge is 0.490 e. The molecular formula is C15H21ClN2O2. The van der Waals surface area contributed by atoms with Gasteiger partial charge in [0.15, 0.2) is 0 Å². The lowest BCUT2D eigenvalue weighted by molar-refractivity contribution is -0.123. The third-order valence-electron chi connectivity index (χ3n) is 3.93. The molecule has 1 N–H and O–H groups in total. The maximum atomic E-state index is 12.6. The Labute approximate surface area is 125 Å². The molecule has 4 nitrogen and oxygen atoms in total. The summed E-state index contributed by atoms with van der Waals surface area (Å²) in [5.41, 5.74) is 2.09. The minimum atomic E-state index is 0. The van der Waals surface area contributed by atoms with Crippen molar-refractivity contribution in [2.45, 2.75) is 19.8 Å². The average Bonchev–Trinajstić information content (AvgIpc) is 2.46. The number of piperidine rings is 1. The van der Waals surface area contributed by atoms with E-state index in [9.17, 15) is 4.79 Å². The molecule has 5 heteroatoms. The third kappa shape index (κ3) is 2.91. The van der Waals surface area contributed by atoms with Crippen molar-refractivity contribution in [2.24, 2.45) is 5.92 Å². The summed E-state index contributed by atoms with van der Waals surface area (Å²) in [5.74, 6) is 1.26. The number of nitrogens with one attached hydrogen (secondary N) is 1. The molecular weight excluding hydrogens is 276 g/mol. The van der Waals surface area contributed by atoms with E-state index in [2.05, 4.69) is 5.32 Å². The number of hydrogen-bond donors (Lipinski definition) is 1. The van der Waals surface area contributed by atoms with Crippen molar-refractivity contribution in [3.05, 3.63) is 23.8 Å². The number of anilines is 1. The van der Waals surface area contributed by atoms with Crippen LogP contribution in [-0.4, -0.2) is 32.1 Å². The molecule has 2 aliphatic heterocycles. The third-order valence-corrected chi connectivity index (χ3v) is 3.93. The van der Waals surface area contributed by atoms with Crippen molar-refractivity contribution in [1.82, 2.24) is 5.32 Å². The van der Waals surface area contributed by atoms with Gasteiger partial charge in [-0.3, -0.25) is 4.79 Å². The monoisotopic (exact) mass is 296 g/mol. The maximum absolute atomic E-state index is 12.6. The predicted molar refractivity (Wildman–Crippen MR) is 81.9 cm³/mol. The van der Waals surface area contributed by atoms with Crippen LogP contribution in [0.2, 0.25) is 0 Å². The van der Waals surface area contributed by atoms with Crippen molar-refractivity contribution in [3.63, 3.8) is 0 Å². The zero-order chi connectivity index (χ0) is 13.2. The molecule has 0 radical (unpaired) electrons. The van der Waals surface area contributed by atoms with E-state index in [4.69, 9.17) is 4.74 Å². The summed E-state index contributed by atoms with van der Waals surface area (Å²) in [6.07, 6.45) is 1.88. The zero-order valence-corrected chi connectivity index (χ0v) is 12.5. The Morgan fingerprint density at radius 1 is 1.35 bits per heavy atom. The summed E-state index contributed by atoms with van der Waals surface area (Å²) in [7, 11) is 0. The van der Waals surface area contributed by atoms with E-state index in [-0.39, 0.29) is 24.2 Å². The molecule has 3 rings (SSSR count). The summed E-state index contributed by atoms with van der Waals surface area (Å²) in [6.45, 7) is 5.19. The lowest BCUT2D eigenvalue weighted by Crippen LogP contribution is -2.44. The molecule has 0 unspecified atom stereocenters. The molecule has 0 aliphatic carbocycles. The van der Waals surface area contributed by atoms with Crippen LogP contribution >= 0.6 is 12.4 Å². The van der Waals surface area contributed by atoms with Crippen LogP contribution in [0, 0.1) is 12.8 Å². The normalized spacial score (nSPS) is 18.8. The van der Waals surface area contributed by atoms with Crippen molar-refractivity contribution in [2.75, 3.05) is 31.1 Å². The molecule has 0 aromatic heterocycles. The topological polar surface area (TPSA) is 41.6 Å². The molecule has 1 saturated heterocycles. The Balaban J connectivity index is 0.00000147. The van der Waals surface area contributed by atoms with Crippen LogP contribution in [0.25, 0.3) is 0 Å². The Kier molecular flexibility index (Phi) is 4.89. The van der Waals surface area contributed by atoms with Gasteiger partial charge in [0.05, 0.1) is 12.2 Å². The number of carbonyl (C=O) groups is 1. The van der Waals surface area contributed by atoms with Gasteiger partial charge in [0, 0.05) is 5.92 Å². The predicted octanol–water partition coefficient (Wildman–Crippen LogP) is 2.14. The summed E-state index contributed by atoms with van der Waals surface area (Å²) in [6, 6.07) is 6.05. The minimum absolute atomic E-state index is 0. The molecule has 2 heterocycles. The van der Waals surface area contributed by atoms with Crippen LogP contribution in [-0.2, 0) is 4.79 Å². The van der Waals surface area contributed by atoms with Gasteiger partial charge in [0.1, 0.15) is 12.4 Å². The molecule has 20 heavy (non-hydrogen) atoms. The van der Waals surface area contributed by atoms with Crippen LogP contribution in [0.3, 0.4) is 0 Å². The minimum Gasteiger partial charge on any atom is -0.490 e. The highest BCUT2D eigenvalue weighted by Gasteiger charge is 2.30. The molecule has 0 saturated carbocycles. The van der Waals surface area contributed by atoms with E-state index in [0.717, 1.165) is 42.9 Å². The zero-order valence-electron chi connectivity index (χ0n) is 11.7. The first-order valence-corrected chi connectivity index (χ1v) is 7.01. The number of aryl methyl sites for hydroxylation is 1. The fourth-order valence-corrected chi connectivity index (χ4v) is 2.85. The molecule has 1 aromatic rings. The number of fused-ring (bicyclic) bond motifs is 1. The number of benzene rings is 1. The number of ether oxygens (including phenoxy) is 1. The Hall–Kier alpha value is -1.26. The van der Waals surface area contributed by atoms with Crippen LogP contribution in [0.5, 0.6) is 5.75 Å². The molecule has 0 spiro atoms. The molecule has 0 atom stereocenters. The van der Waals surface area contributed by atoms with Gasteiger partial charge in [-0.15, -0.1) is 12.4 Å². The van der Waals surface area contributed by atoms with Crippen LogP contribution < -0.4 is 15.0 Å². The number of amides is 1. The van der Waals surface area contributed by atoms with Crippen molar-refractivity contribution in [3.8, 4) is 5.75 Å². The van der Waals surface area contributed by atoms with Crippen molar-refractivity contribution >= 4 is 24.0 Å². The average molecular weight is 297 g/mol. The van der Waals surface area contributed by atoms with Gasteiger partial charge < -0.3 is 15.0 Å². The standard InChI is InChI=1S/C15H20N2O2.ClH/c1-11-2-3-13-14(10-11)19-9-8-17(13)15(18)12-4-6-16-7-5-12;/h2-3,10,12,16H,4-9H2,1H3;1H. The van der Waals surface area contributed by atoms with Crippen molar-refractivity contribution < 1.29 is 9.53 Å². The van der Waals surface area contributed by atoms with Gasteiger partial charge >= 0.3 is 0 Å². The summed E-state index contributed by atoms with van der Waals surface area (Å²) in [4.78, 5) is 14.6. The number of hydrogen-bond acceptors (Lipinski definition) is 3. The van der Waals surface area contributed by atoms with Gasteiger partial charge in [0.2, 0.25) is 5.91 Å². The first kappa shape index (κ1) is 15.1. The molecule has 110 valence electrons. The lowest BCUT2D eigenvalue weighted by Gasteiger charge is -2.33. The maximum Gasteiger partial charge on any atom is 0.230 e. The van der Waals surface area contributed by atoms with E-state index >= 15 is 0 Å². The fraction of sp³-hybridized carbons (Fsp3) is 0.533. The first-order chi connectivity index (χ1) is 9.25. The summed E-state index contributed by atoms with van der Waals surface area (Å²) < 4.78 is 5.67. The van der Waals surface area contributed by atoms with Crippen LogP contribution in [0.4, 0.5) is 5.69 Å². The van der Waals surface area contributed by atoms with E-state index in [1.54, 1.807) is 0 Å². The smallest absolute Gasteiger partial charge is 0.230 e. The van der Waals surface area contributed by atoms with E-state index < -0.39 is 0 Å². The second-order valence-corrected chi connectivity index (χ2v) is 5.33. The summed E-state index contributed by atoms with van der Waals surface area (Å²) in [5, 5.41) is 3.30. The first-order valence-electron chi connectivity index (χ1n) is 7.01. The Morgan fingerprint density at radius 2 is 2.10 bits per heavy atom. The van der Waals surface area contributed by atoms with Crippen molar-refractivity contribution in [1.29, 1.82) is 0 Å². The molecule has 1 amide bonds. The molecule has 0 bridgehead atoms. The Bertz CT molecular complexity index is 487. The van der Waals surface area contributed by atoms with Gasteiger partial charge in [-0.25, -0.2) is 0 Å². The molecule has 1 aromatic carbocycles. The lowest BCUT2D eigenvalue weighted by atomic mass is 9.96. The van der Waals surface area contributed by atoms with Gasteiger partial charge in [0.25, 0.3) is 0 Å². The van der Waals surface area contributed by atoms with Crippen LogP contribution in [0.1, 0.15) is 18.4 Å². The number of rotatable bonds is 1. The number of nitrogens with zero attached hydrogens (tertiary/aromatic N) is 1. The van der Waals surface area contributed by atoms with E-state index in [0.29, 0.717) is 13.2 Å². The quantitative estimate of drug-likeness (QED) is 0.863. The van der Waals surface area contributed by atoms with Gasteiger partial charge in [-0.1, -0.05) is 6.07 Å². The van der Waals surface area contributed by atoms with Gasteiger partial charge in [-0.2, -0.15) is 0 Å². The van der Waals surface area contributed by atoms with Crippen LogP contribution in [0.15, 0.2) is 18.2 Å². The second kappa shape index (κ2) is 6.46. The molecule has 1 fully saturated rings. The number of carbonyl (C=O) groups excluding carboxylic acids is 1. The van der Waals surface area contributed by atoms with E-state index in [1.165, 1.54) is 0 Å².